The molecule has 1 N–H and O–H groups in total. The van der Waals surface area contributed by atoms with E-state index in [0.29, 0.717) is 31.2 Å². The van der Waals surface area contributed by atoms with Crippen LogP contribution < -0.4 is 9.62 Å². The van der Waals surface area contributed by atoms with Crippen molar-refractivity contribution in [2.45, 2.75) is 4.90 Å². The molecule has 25 heavy (non-hydrogen) atoms. The molecule has 7 heteroatoms. The largest absolute Gasteiger partial charge is 0.379 e. The summed E-state index contributed by atoms with van der Waals surface area (Å²) in [5.74, 6) is 0. The molecule has 0 bridgehead atoms. The molecule has 0 aliphatic carbocycles. The van der Waals surface area contributed by atoms with Crippen molar-refractivity contribution in [3.63, 3.8) is 0 Å². The number of hydrogen-bond donors (Lipinski definition) is 1. The van der Waals surface area contributed by atoms with Gasteiger partial charge in [0.2, 0.25) is 10.0 Å². The van der Waals surface area contributed by atoms with Crippen LogP contribution in [0.5, 0.6) is 0 Å². The topological polar surface area (TPSA) is 61.9 Å². The summed E-state index contributed by atoms with van der Waals surface area (Å²) in [5.41, 5.74) is 1.00. The van der Waals surface area contributed by atoms with Gasteiger partial charge in [-0.3, -0.25) is 4.90 Å². The van der Waals surface area contributed by atoms with Gasteiger partial charge in [0.25, 0.3) is 0 Å². The van der Waals surface area contributed by atoms with E-state index in [0.717, 1.165) is 29.5 Å². The molecular formula is C18H25N3O3S. The molecule has 1 heterocycles. The molecule has 0 radical (unpaired) electrons. The monoisotopic (exact) mass is 363 g/mol. The van der Waals surface area contributed by atoms with Crippen LogP contribution in [0.4, 0.5) is 5.69 Å². The Morgan fingerprint density at radius 3 is 2.48 bits per heavy atom. The summed E-state index contributed by atoms with van der Waals surface area (Å²) in [7, 11) is 0.353. The second-order valence-electron chi connectivity index (χ2n) is 6.37. The maximum Gasteiger partial charge on any atom is 0.241 e. The zero-order valence-electron chi connectivity index (χ0n) is 14.7. The summed E-state index contributed by atoms with van der Waals surface area (Å²) < 4.78 is 33.7. The summed E-state index contributed by atoms with van der Waals surface area (Å²) in [6.45, 7) is 4.21. The van der Waals surface area contributed by atoms with E-state index in [1.54, 1.807) is 12.1 Å². The molecule has 1 aliphatic heterocycles. The summed E-state index contributed by atoms with van der Waals surface area (Å²) in [5, 5.41) is 1.68. The molecule has 1 aliphatic rings. The van der Waals surface area contributed by atoms with E-state index in [1.807, 2.05) is 43.3 Å². The molecule has 3 rings (SSSR count). The molecule has 2 aromatic carbocycles. The van der Waals surface area contributed by atoms with E-state index in [2.05, 4.69) is 9.62 Å². The molecule has 136 valence electrons. The molecule has 0 aromatic heterocycles. The van der Waals surface area contributed by atoms with Crippen LogP contribution in [-0.2, 0) is 14.8 Å². The molecule has 0 spiro atoms. The van der Waals surface area contributed by atoms with Crippen molar-refractivity contribution in [1.29, 1.82) is 0 Å². The number of hydrogen-bond acceptors (Lipinski definition) is 5. The quantitative estimate of drug-likeness (QED) is 0.843. The zero-order valence-corrected chi connectivity index (χ0v) is 15.6. The van der Waals surface area contributed by atoms with E-state index in [-0.39, 0.29) is 0 Å². The van der Waals surface area contributed by atoms with Gasteiger partial charge in [-0.1, -0.05) is 24.3 Å². The van der Waals surface area contributed by atoms with Crippen molar-refractivity contribution in [3.8, 4) is 0 Å². The highest BCUT2D eigenvalue weighted by Gasteiger charge is 2.19. The van der Waals surface area contributed by atoms with Crippen LogP contribution in [0.3, 0.4) is 0 Å². The highest BCUT2D eigenvalue weighted by molar-refractivity contribution is 7.89. The van der Waals surface area contributed by atoms with Crippen molar-refractivity contribution < 1.29 is 13.2 Å². The van der Waals surface area contributed by atoms with Gasteiger partial charge in [0, 0.05) is 56.7 Å². The second kappa shape index (κ2) is 7.70. The Morgan fingerprint density at radius 1 is 1.08 bits per heavy atom. The van der Waals surface area contributed by atoms with Gasteiger partial charge < -0.3 is 9.64 Å². The number of rotatable bonds is 6. The molecule has 1 saturated heterocycles. The summed E-state index contributed by atoms with van der Waals surface area (Å²) in [6.07, 6.45) is 0. The minimum Gasteiger partial charge on any atom is -0.379 e. The maximum absolute atomic E-state index is 12.8. The molecule has 6 nitrogen and oxygen atoms in total. The van der Waals surface area contributed by atoms with Crippen LogP contribution in [0.2, 0.25) is 0 Å². The van der Waals surface area contributed by atoms with Crippen molar-refractivity contribution in [2.75, 3.05) is 58.4 Å². The molecule has 0 atom stereocenters. The lowest BCUT2D eigenvalue weighted by molar-refractivity contribution is 0.0390. The van der Waals surface area contributed by atoms with Crippen LogP contribution in [0, 0.1) is 0 Å². The number of nitrogens with zero attached hydrogens (tertiary/aromatic N) is 2. The second-order valence-corrected chi connectivity index (χ2v) is 8.11. The highest BCUT2D eigenvalue weighted by Crippen LogP contribution is 2.29. The Bertz CT molecular complexity index is 831. The minimum absolute atomic E-state index is 0.329. The Balaban J connectivity index is 1.81. The molecule has 0 unspecified atom stereocenters. The van der Waals surface area contributed by atoms with E-state index in [9.17, 15) is 8.42 Å². The Labute approximate surface area is 149 Å². The fourth-order valence-corrected chi connectivity index (χ4v) is 4.37. The number of benzene rings is 2. The van der Waals surface area contributed by atoms with Crippen LogP contribution in [0.15, 0.2) is 41.3 Å². The summed E-state index contributed by atoms with van der Waals surface area (Å²) in [4.78, 5) is 4.53. The lowest BCUT2D eigenvalue weighted by Gasteiger charge is -2.26. The van der Waals surface area contributed by atoms with Crippen LogP contribution in [-0.4, -0.2) is 66.8 Å². The highest BCUT2D eigenvalue weighted by atomic mass is 32.2. The first-order valence-corrected chi connectivity index (χ1v) is 9.96. The van der Waals surface area contributed by atoms with Gasteiger partial charge in [0.15, 0.2) is 0 Å². The average Bonchev–Trinajstić information content (AvgIpc) is 2.61. The van der Waals surface area contributed by atoms with Crippen molar-refractivity contribution in [2.24, 2.45) is 0 Å². The van der Waals surface area contributed by atoms with Crippen LogP contribution in [0.1, 0.15) is 0 Å². The number of anilines is 1. The first-order valence-electron chi connectivity index (χ1n) is 8.48. The molecule has 2 aromatic rings. The van der Waals surface area contributed by atoms with Crippen molar-refractivity contribution in [1.82, 2.24) is 9.62 Å². The maximum atomic E-state index is 12.8. The third kappa shape index (κ3) is 4.12. The van der Waals surface area contributed by atoms with Crippen molar-refractivity contribution >= 4 is 26.5 Å². The SMILES string of the molecule is CN(C)c1cccc2c(S(=O)(=O)NCCN3CCOCC3)cccc12. The third-order valence-corrected chi connectivity index (χ3v) is 5.97. The Morgan fingerprint density at radius 2 is 1.76 bits per heavy atom. The molecule has 0 saturated carbocycles. The number of ether oxygens (including phenoxy) is 1. The average molecular weight is 363 g/mol. The lowest BCUT2D eigenvalue weighted by Crippen LogP contribution is -2.41. The normalized spacial score (nSPS) is 16.2. The van der Waals surface area contributed by atoms with Crippen LogP contribution >= 0.6 is 0 Å². The van der Waals surface area contributed by atoms with E-state index < -0.39 is 10.0 Å². The van der Waals surface area contributed by atoms with E-state index >= 15 is 0 Å². The molecule has 0 amide bonds. The predicted octanol–water partition coefficient (Wildman–Crippen LogP) is 1.52. The van der Waals surface area contributed by atoms with Gasteiger partial charge >= 0.3 is 0 Å². The van der Waals surface area contributed by atoms with Gasteiger partial charge in [-0.15, -0.1) is 0 Å². The fourth-order valence-electron chi connectivity index (χ4n) is 3.13. The smallest absolute Gasteiger partial charge is 0.241 e. The fraction of sp³-hybridized carbons (Fsp3) is 0.444. The van der Waals surface area contributed by atoms with E-state index in [4.69, 9.17) is 4.74 Å². The Kier molecular flexibility index (Phi) is 5.58. The number of fused-ring (bicyclic) bond motifs is 1. The minimum atomic E-state index is -3.56. The van der Waals surface area contributed by atoms with Crippen molar-refractivity contribution in [3.05, 3.63) is 36.4 Å². The number of nitrogens with one attached hydrogen (secondary N) is 1. The zero-order chi connectivity index (χ0) is 17.9. The van der Waals surface area contributed by atoms with E-state index in [1.165, 1.54) is 0 Å². The summed E-state index contributed by atoms with van der Waals surface area (Å²) >= 11 is 0. The predicted molar refractivity (Wildman–Crippen MR) is 101 cm³/mol. The molecular weight excluding hydrogens is 338 g/mol. The first kappa shape index (κ1) is 18.1. The lowest BCUT2D eigenvalue weighted by atomic mass is 10.1. The number of sulfonamides is 1. The van der Waals surface area contributed by atoms with Crippen LogP contribution in [0.25, 0.3) is 10.8 Å². The Hall–Kier alpha value is -1.67. The third-order valence-electron chi connectivity index (χ3n) is 4.45. The number of morpholine rings is 1. The summed E-state index contributed by atoms with van der Waals surface area (Å²) in [6, 6.07) is 11.2. The van der Waals surface area contributed by atoms with Gasteiger partial charge in [-0.25, -0.2) is 13.1 Å². The van der Waals surface area contributed by atoms with Gasteiger partial charge in [-0.2, -0.15) is 0 Å². The molecule has 1 fully saturated rings. The standard InChI is InChI=1S/C18H25N3O3S/c1-20(2)17-7-3-6-16-15(17)5-4-8-18(16)25(22,23)19-9-10-21-11-13-24-14-12-21/h3-8,19H,9-14H2,1-2H3. The van der Waals surface area contributed by atoms with Gasteiger partial charge in [0.1, 0.15) is 0 Å². The van der Waals surface area contributed by atoms with Gasteiger partial charge in [-0.05, 0) is 12.1 Å². The van der Waals surface area contributed by atoms with Gasteiger partial charge in [0.05, 0.1) is 18.1 Å². The first-order chi connectivity index (χ1) is 12.0.